The van der Waals surface area contributed by atoms with Crippen LogP contribution in [0.1, 0.15) is 56.6 Å². The van der Waals surface area contributed by atoms with Crippen LogP contribution in [0, 0.1) is 0 Å². The van der Waals surface area contributed by atoms with Gasteiger partial charge in [0.1, 0.15) is 17.1 Å². The summed E-state index contributed by atoms with van der Waals surface area (Å²) in [5, 5.41) is 11.2. The third kappa shape index (κ3) is 6.98. The fourth-order valence-electron chi connectivity index (χ4n) is 4.77. The fourth-order valence-corrected chi connectivity index (χ4v) is 4.77. The Morgan fingerprint density at radius 3 is 2.38 bits per heavy atom. The molecule has 1 saturated heterocycles. The van der Waals surface area contributed by atoms with E-state index in [4.69, 9.17) is 18.6 Å². The van der Waals surface area contributed by atoms with Crippen LogP contribution in [0.3, 0.4) is 0 Å². The molecule has 0 radical (unpaired) electrons. The molecule has 1 aliphatic heterocycles. The van der Waals surface area contributed by atoms with Crippen LogP contribution in [0.4, 0.5) is 0 Å². The maximum Gasteiger partial charge on any atom is 0.165 e. The topological polar surface area (TPSA) is 67.5 Å². The number of ether oxygens (including phenoxy) is 3. The van der Waals surface area contributed by atoms with Gasteiger partial charge in [-0.15, -0.1) is 0 Å². The van der Waals surface area contributed by atoms with E-state index in [1.165, 1.54) is 0 Å². The minimum atomic E-state index is -0.892. The fraction of sp³-hybridized carbons (Fsp3) is 0.630. The lowest BCUT2D eigenvalue weighted by molar-refractivity contribution is -0.00537. The molecule has 0 atom stereocenters. The Balaban J connectivity index is 1.78. The summed E-state index contributed by atoms with van der Waals surface area (Å²) >= 11 is 0. The highest BCUT2D eigenvalue weighted by Gasteiger charge is 2.31. The molecule has 1 aliphatic rings. The molecule has 34 heavy (non-hydrogen) atoms. The van der Waals surface area contributed by atoms with Crippen LogP contribution in [-0.2, 0) is 23.4 Å². The van der Waals surface area contributed by atoms with Crippen molar-refractivity contribution in [3.8, 4) is 11.5 Å². The largest absolute Gasteiger partial charge is 0.493 e. The smallest absolute Gasteiger partial charge is 0.165 e. The summed E-state index contributed by atoms with van der Waals surface area (Å²) in [5.74, 6) is 3.04. The van der Waals surface area contributed by atoms with Crippen LogP contribution in [0.15, 0.2) is 34.7 Å². The number of furan rings is 1. The SMILES string of the molecule is CCCC(O)(CCC)c1ccc(CN(CCN2CCOCC2)Cc2cccc(OC)c2OC)o1. The Kier molecular flexibility index (Phi) is 10.3. The molecule has 1 fully saturated rings. The monoisotopic (exact) mass is 474 g/mol. The predicted octanol–water partition coefficient (Wildman–Crippen LogP) is 4.42. The Hall–Kier alpha value is -2.06. The number of morpholine rings is 1. The quantitative estimate of drug-likeness (QED) is 0.435. The van der Waals surface area contributed by atoms with E-state index in [9.17, 15) is 5.11 Å². The first-order valence-corrected chi connectivity index (χ1v) is 12.6. The number of hydrogen-bond donors (Lipinski definition) is 1. The summed E-state index contributed by atoms with van der Waals surface area (Å²) in [7, 11) is 3.34. The summed E-state index contributed by atoms with van der Waals surface area (Å²) < 4.78 is 22.9. The van der Waals surface area contributed by atoms with Crippen molar-refractivity contribution in [2.75, 3.05) is 53.6 Å². The van der Waals surface area contributed by atoms with Crippen LogP contribution in [0.25, 0.3) is 0 Å². The molecule has 0 unspecified atom stereocenters. The van der Waals surface area contributed by atoms with E-state index in [0.717, 1.165) is 75.1 Å². The van der Waals surface area contributed by atoms with Gasteiger partial charge in [0.15, 0.2) is 11.5 Å². The van der Waals surface area contributed by atoms with Crippen molar-refractivity contribution < 1.29 is 23.7 Å². The third-order valence-corrected chi connectivity index (χ3v) is 6.54. The van der Waals surface area contributed by atoms with E-state index in [0.29, 0.717) is 31.7 Å². The molecule has 2 aromatic rings. The molecular formula is C27H42N2O5. The molecule has 1 N–H and O–H groups in total. The predicted molar refractivity (Wildman–Crippen MR) is 133 cm³/mol. The van der Waals surface area contributed by atoms with Gasteiger partial charge in [-0.3, -0.25) is 9.80 Å². The zero-order valence-electron chi connectivity index (χ0n) is 21.3. The van der Waals surface area contributed by atoms with Crippen molar-refractivity contribution in [1.82, 2.24) is 9.80 Å². The number of nitrogens with zero attached hydrogens (tertiary/aromatic N) is 2. The van der Waals surface area contributed by atoms with Crippen molar-refractivity contribution in [3.05, 3.63) is 47.4 Å². The number of rotatable bonds is 14. The molecule has 0 amide bonds. The molecule has 3 rings (SSSR count). The van der Waals surface area contributed by atoms with Crippen LogP contribution in [-0.4, -0.2) is 68.5 Å². The highest BCUT2D eigenvalue weighted by molar-refractivity contribution is 5.46. The lowest BCUT2D eigenvalue weighted by atomic mass is 9.90. The molecular weight excluding hydrogens is 432 g/mol. The second kappa shape index (κ2) is 13.1. The maximum absolute atomic E-state index is 11.2. The van der Waals surface area contributed by atoms with Crippen molar-refractivity contribution in [3.63, 3.8) is 0 Å². The molecule has 0 bridgehead atoms. The van der Waals surface area contributed by atoms with E-state index >= 15 is 0 Å². The number of hydrogen-bond acceptors (Lipinski definition) is 7. The Morgan fingerprint density at radius 2 is 1.74 bits per heavy atom. The van der Waals surface area contributed by atoms with Crippen molar-refractivity contribution in [1.29, 1.82) is 0 Å². The molecule has 0 saturated carbocycles. The summed E-state index contributed by atoms with van der Waals surface area (Å²) in [6, 6.07) is 9.96. The van der Waals surface area contributed by atoms with Gasteiger partial charge >= 0.3 is 0 Å². The minimum absolute atomic E-state index is 0.652. The molecule has 1 aromatic carbocycles. The van der Waals surface area contributed by atoms with E-state index in [-0.39, 0.29) is 0 Å². The zero-order valence-corrected chi connectivity index (χ0v) is 21.3. The van der Waals surface area contributed by atoms with Crippen LogP contribution >= 0.6 is 0 Å². The van der Waals surface area contributed by atoms with Gasteiger partial charge < -0.3 is 23.7 Å². The Labute approximate surface area is 204 Å². The van der Waals surface area contributed by atoms with Crippen molar-refractivity contribution >= 4 is 0 Å². The second-order valence-corrected chi connectivity index (χ2v) is 9.11. The minimum Gasteiger partial charge on any atom is -0.493 e. The summed E-state index contributed by atoms with van der Waals surface area (Å²) in [6.45, 7) is 10.9. The Morgan fingerprint density at radius 1 is 1.00 bits per heavy atom. The lowest BCUT2D eigenvalue weighted by Gasteiger charge is -2.30. The molecule has 7 heteroatoms. The summed E-state index contributed by atoms with van der Waals surface area (Å²) in [4.78, 5) is 4.81. The first kappa shape index (κ1) is 26.5. The highest BCUT2D eigenvalue weighted by atomic mass is 16.5. The van der Waals surface area contributed by atoms with Crippen molar-refractivity contribution in [2.24, 2.45) is 0 Å². The van der Waals surface area contributed by atoms with Gasteiger partial charge in [0.2, 0.25) is 0 Å². The zero-order chi connectivity index (χ0) is 24.4. The van der Waals surface area contributed by atoms with Crippen LogP contribution in [0.5, 0.6) is 11.5 Å². The molecule has 1 aromatic heterocycles. The number of methoxy groups -OCH3 is 2. The molecule has 0 aliphatic carbocycles. The number of para-hydroxylation sites is 1. The highest BCUT2D eigenvalue weighted by Crippen LogP contribution is 2.34. The summed E-state index contributed by atoms with van der Waals surface area (Å²) in [5.41, 5.74) is 0.181. The van der Waals surface area contributed by atoms with Gasteiger partial charge in [-0.25, -0.2) is 0 Å². The van der Waals surface area contributed by atoms with Crippen molar-refractivity contribution in [2.45, 2.75) is 58.2 Å². The maximum atomic E-state index is 11.2. The number of benzene rings is 1. The molecule has 7 nitrogen and oxygen atoms in total. The van der Waals surface area contributed by atoms with Gasteiger partial charge in [-0.05, 0) is 31.0 Å². The van der Waals surface area contributed by atoms with Crippen LogP contribution < -0.4 is 9.47 Å². The molecule has 2 heterocycles. The van der Waals surface area contributed by atoms with E-state index < -0.39 is 5.60 Å². The lowest BCUT2D eigenvalue weighted by Crippen LogP contribution is -2.41. The molecule has 0 spiro atoms. The van der Waals surface area contributed by atoms with Gasteiger partial charge in [-0.1, -0.05) is 38.8 Å². The normalized spacial score (nSPS) is 15.1. The van der Waals surface area contributed by atoms with E-state index in [1.807, 2.05) is 24.3 Å². The first-order valence-electron chi connectivity index (χ1n) is 12.6. The Bertz CT molecular complexity index is 856. The average molecular weight is 475 g/mol. The van der Waals surface area contributed by atoms with E-state index in [2.05, 4.69) is 29.7 Å². The average Bonchev–Trinajstić information content (AvgIpc) is 3.32. The van der Waals surface area contributed by atoms with E-state index in [1.54, 1.807) is 14.2 Å². The van der Waals surface area contributed by atoms with Crippen LogP contribution in [0.2, 0.25) is 0 Å². The third-order valence-electron chi connectivity index (χ3n) is 6.54. The second-order valence-electron chi connectivity index (χ2n) is 9.11. The van der Waals surface area contributed by atoms with Gasteiger partial charge in [-0.2, -0.15) is 0 Å². The first-order chi connectivity index (χ1) is 16.5. The van der Waals surface area contributed by atoms with Gasteiger partial charge in [0.25, 0.3) is 0 Å². The summed E-state index contributed by atoms with van der Waals surface area (Å²) in [6.07, 6.45) is 3.23. The standard InChI is InChI=1S/C27H42N2O5/c1-5-12-27(30,13-6-2)25-11-10-23(34-25)21-29(15-14-28-16-18-33-19-17-28)20-22-8-7-9-24(31-3)26(22)32-4/h7-11,30H,5-6,12-21H2,1-4H3. The van der Waals surface area contributed by atoms with Gasteiger partial charge in [0, 0.05) is 38.3 Å². The van der Waals surface area contributed by atoms with Gasteiger partial charge in [0.05, 0.1) is 34.0 Å². The molecule has 190 valence electrons. The number of aliphatic hydroxyl groups is 1.